The zero-order valence-electron chi connectivity index (χ0n) is 28.4. The highest BCUT2D eigenvalue weighted by molar-refractivity contribution is 5.98. The second-order valence-corrected chi connectivity index (χ2v) is 13.0. The summed E-state index contributed by atoms with van der Waals surface area (Å²) in [4.78, 5) is 61.8. The quantitative estimate of drug-likeness (QED) is 0.146. The molecule has 4 amide bonds. The highest BCUT2D eigenvalue weighted by Gasteiger charge is 2.26. The van der Waals surface area contributed by atoms with Crippen LogP contribution in [0, 0.1) is 11.8 Å². The number of carbonyl (C=O) groups excluding carboxylic acids is 5. The summed E-state index contributed by atoms with van der Waals surface area (Å²) in [6, 6.07) is 10.9. The van der Waals surface area contributed by atoms with Crippen molar-refractivity contribution in [3.63, 3.8) is 0 Å². The second kappa shape index (κ2) is 17.8. The number of alkyl carbamates (subject to hydrolysis) is 2. The molecule has 0 aliphatic heterocycles. The van der Waals surface area contributed by atoms with Crippen molar-refractivity contribution in [2.75, 3.05) is 18.5 Å². The number of rotatable bonds is 12. The first-order valence-corrected chi connectivity index (χ1v) is 15.5. The van der Waals surface area contributed by atoms with Crippen LogP contribution in [0.15, 0.2) is 48.5 Å². The molecule has 0 spiro atoms. The molecule has 6 N–H and O–H groups in total. The van der Waals surface area contributed by atoms with Crippen molar-refractivity contribution in [2.45, 2.75) is 90.7 Å². The maximum Gasteiger partial charge on any atom is 0.408 e. The number of aliphatic hydroxyl groups is 2. The first-order chi connectivity index (χ1) is 22.4. The number of Topliss-reactive ketones (excluding diaryl/α,β-unsaturated/α-hetero) is 1. The first-order valence-electron chi connectivity index (χ1n) is 15.5. The van der Waals surface area contributed by atoms with Crippen molar-refractivity contribution < 1.29 is 43.7 Å². The van der Waals surface area contributed by atoms with Crippen molar-refractivity contribution in [2.24, 2.45) is 0 Å². The Morgan fingerprint density at radius 2 is 1.31 bits per heavy atom. The Kier molecular flexibility index (Phi) is 14.6. The van der Waals surface area contributed by atoms with Gasteiger partial charge in [-0.2, -0.15) is 0 Å². The summed E-state index contributed by atoms with van der Waals surface area (Å²) in [6.45, 7) is 11.2. The van der Waals surface area contributed by atoms with Gasteiger partial charge in [-0.1, -0.05) is 11.8 Å². The molecule has 0 heterocycles. The van der Waals surface area contributed by atoms with Gasteiger partial charge in [0.1, 0.15) is 29.9 Å². The lowest BCUT2D eigenvalue weighted by molar-refractivity contribution is -0.126. The van der Waals surface area contributed by atoms with Crippen LogP contribution in [0.5, 0.6) is 0 Å². The number of amides is 4. The van der Waals surface area contributed by atoms with Crippen LogP contribution in [-0.4, -0.2) is 82.5 Å². The average molecular weight is 667 g/mol. The van der Waals surface area contributed by atoms with Crippen LogP contribution < -0.4 is 21.3 Å². The molecule has 3 atom stereocenters. The number of hydrogen-bond acceptors (Lipinski definition) is 9. The van der Waals surface area contributed by atoms with Gasteiger partial charge in [0.05, 0.1) is 6.10 Å². The van der Waals surface area contributed by atoms with E-state index < -0.39 is 65.8 Å². The molecule has 0 saturated carbocycles. The monoisotopic (exact) mass is 666 g/mol. The molecule has 0 unspecified atom stereocenters. The lowest BCUT2D eigenvalue weighted by atomic mass is 10.1. The van der Waals surface area contributed by atoms with Crippen LogP contribution in [-0.2, 0) is 19.1 Å². The molecule has 2 aromatic carbocycles. The fourth-order valence-corrected chi connectivity index (χ4v) is 4.04. The summed E-state index contributed by atoms with van der Waals surface area (Å²) >= 11 is 0. The molecule has 48 heavy (non-hydrogen) atoms. The predicted octanol–water partition coefficient (Wildman–Crippen LogP) is 3.26. The van der Waals surface area contributed by atoms with E-state index in [1.54, 1.807) is 77.9 Å². The van der Waals surface area contributed by atoms with Crippen LogP contribution in [0.4, 0.5) is 15.3 Å². The first kappa shape index (κ1) is 39.2. The standard InChI is InChI=1S/C35H46N4O9/c1-22(41)29(28(42)21-40)39-30(43)25-16-12-23(13-17-25)10-11-24-14-18-26(19-15-24)37-31(44)27(38-33(46)48-35(5,6)7)9-8-20-36-32(45)47-34(2,3)4/h12-19,22,27,29,40-41H,8-9,20-21H2,1-7H3,(H,36,45)(H,37,44)(H,38,46)(H,39,43)/t22-,27+,29+/m1/s1. The third-order valence-electron chi connectivity index (χ3n) is 6.27. The number of ketones is 1. The molecule has 0 aliphatic rings. The minimum absolute atomic E-state index is 0.215. The fourth-order valence-electron chi connectivity index (χ4n) is 4.04. The number of ether oxygens (including phenoxy) is 2. The molecule has 0 bridgehead atoms. The van der Waals surface area contributed by atoms with Crippen LogP contribution in [0.1, 0.15) is 82.8 Å². The zero-order valence-corrected chi connectivity index (χ0v) is 28.4. The molecule has 2 aromatic rings. The number of benzene rings is 2. The van der Waals surface area contributed by atoms with E-state index in [1.807, 2.05) is 0 Å². The molecule has 0 radical (unpaired) electrons. The summed E-state index contributed by atoms with van der Waals surface area (Å²) in [5.74, 6) is 4.23. The molecule has 13 heteroatoms. The zero-order chi connectivity index (χ0) is 36.1. The van der Waals surface area contributed by atoms with E-state index in [4.69, 9.17) is 14.6 Å². The summed E-state index contributed by atoms with van der Waals surface area (Å²) in [5.41, 5.74) is 0.568. The molecule has 13 nitrogen and oxygen atoms in total. The van der Waals surface area contributed by atoms with Gasteiger partial charge < -0.3 is 41.0 Å². The van der Waals surface area contributed by atoms with Crippen LogP contribution in [0.3, 0.4) is 0 Å². The smallest absolute Gasteiger partial charge is 0.408 e. The maximum atomic E-state index is 13.2. The maximum absolute atomic E-state index is 13.2. The third kappa shape index (κ3) is 14.7. The van der Waals surface area contributed by atoms with Crippen molar-refractivity contribution >= 4 is 35.5 Å². The predicted molar refractivity (Wildman–Crippen MR) is 179 cm³/mol. The normalized spacial score (nSPS) is 13.0. The van der Waals surface area contributed by atoms with E-state index in [-0.39, 0.29) is 18.5 Å². The van der Waals surface area contributed by atoms with Gasteiger partial charge in [0.25, 0.3) is 5.91 Å². The molecule has 2 rings (SSSR count). The van der Waals surface area contributed by atoms with Crippen LogP contribution in [0.25, 0.3) is 0 Å². The molecular weight excluding hydrogens is 620 g/mol. The van der Waals surface area contributed by atoms with E-state index in [0.717, 1.165) is 0 Å². The van der Waals surface area contributed by atoms with Gasteiger partial charge >= 0.3 is 12.2 Å². The van der Waals surface area contributed by atoms with E-state index in [0.29, 0.717) is 23.2 Å². The number of carbonyl (C=O) groups is 5. The number of hydrogen-bond donors (Lipinski definition) is 6. The van der Waals surface area contributed by atoms with Gasteiger partial charge in [0.2, 0.25) is 5.91 Å². The van der Waals surface area contributed by atoms with E-state index >= 15 is 0 Å². The summed E-state index contributed by atoms with van der Waals surface area (Å²) in [7, 11) is 0. The molecular formula is C35H46N4O9. The van der Waals surface area contributed by atoms with Crippen molar-refractivity contribution in [1.29, 1.82) is 0 Å². The highest BCUT2D eigenvalue weighted by Crippen LogP contribution is 2.13. The van der Waals surface area contributed by atoms with Crippen LogP contribution in [0.2, 0.25) is 0 Å². The van der Waals surface area contributed by atoms with Crippen LogP contribution >= 0.6 is 0 Å². The Labute approximate surface area is 281 Å². The van der Waals surface area contributed by atoms with Gasteiger partial charge in [0, 0.05) is 28.9 Å². The molecule has 0 fully saturated rings. The van der Waals surface area contributed by atoms with Gasteiger partial charge in [-0.15, -0.1) is 0 Å². The van der Waals surface area contributed by atoms with Crippen molar-refractivity contribution in [3.8, 4) is 11.8 Å². The average Bonchev–Trinajstić information content (AvgIpc) is 2.98. The largest absolute Gasteiger partial charge is 0.444 e. The lowest BCUT2D eigenvalue weighted by Crippen LogP contribution is -2.48. The lowest BCUT2D eigenvalue weighted by Gasteiger charge is -2.23. The van der Waals surface area contributed by atoms with Crippen molar-refractivity contribution in [1.82, 2.24) is 16.0 Å². The number of aliphatic hydroxyl groups excluding tert-OH is 2. The Balaban J connectivity index is 2.03. The molecule has 260 valence electrons. The van der Waals surface area contributed by atoms with E-state index in [2.05, 4.69) is 33.1 Å². The minimum atomic E-state index is -1.23. The number of anilines is 1. The van der Waals surface area contributed by atoms with Gasteiger partial charge in [-0.25, -0.2) is 9.59 Å². The summed E-state index contributed by atoms with van der Waals surface area (Å²) in [5, 5.41) is 29.2. The topological polar surface area (TPSA) is 192 Å². The Hall–Kier alpha value is -4.93. The fraction of sp³-hybridized carbons (Fsp3) is 0.457. The number of nitrogens with one attached hydrogen (secondary N) is 4. The Morgan fingerprint density at radius 3 is 1.81 bits per heavy atom. The highest BCUT2D eigenvalue weighted by atomic mass is 16.6. The molecule has 0 aromatic heterocycles. The minimum Gasteiger partial charge on any atom is -0.444 e. The van der Waals surface area contributed by atoms with Gasteiger partial charge in [-0.05, 0) is 110 Å². The molecule has 0 saturated heterocycles. The molecule has 0 aliphatic carbocycles. The third-order valence-corrected chi connectivity index (χ3v) is 6.27. The van der Waals surface area contributed by atoms with E-state index in [1.165, 1.54) is 19.1 Å². The van der Waals surface area contributed by atoms with E-state index in [9.17, 15) is 29.1 Å². The SMILES string of the molecule is C[C@@H](O)[C@H](NC(=O)c1ccc(C#Cc2ccc(NC(=O)[C@H](CCCNC(=O)OC(C)(C)C)NC(=O)OC(C)(C)C)cc2)cc1)C(=O)CO. The second-order valence-electron chi connectivity index (χ2n) is 13.0. The Morgan fingerprint density at radius 1 is 0.792 bits per heavy atom. The summed E-state index contributed by atoms with van der Waals surface area (Å²) < 4.78 is 10.5. The summed E-state index contributed by atoms with van der Waals surface area (Å²) in [6.07, 6.45) is -1.91. The van der Waals surface area contributed by atoms with Gasteiger partial charge in [0.15, 0.2) is 5.78 Å². The van der Waals surface area contributed by atoms with Gasteiger partial charge in [-0.3, -0.25) is 14.4 Å². The van der Waals surface area contributed by atoms with Crippen molar-refractivity contribution in [3.05, 3.63) is 65.2 Å². The Bertz CT molecular complexity index is 1480.